The lowest BCUT2D eigenvalue weighted by Crippen LogP contribution is -2.37. The van der Waals surface area contributed by atoms with Gasteiger partial charge in [0.05, 0.1) is 17.3 Å². The van der Waals surface area contributed by atoms with Crippen molar-refractivity contribution in [3.63, 3.8) is 0 Å². The third-order valence-corrected chi connectivity index (χ3v) is 5.49. The van der Waals surface area contributed by atoms with Gasteiger partial charge in [-0.25, -0.2) is 0 Å². The number of amides is 1. The predicted molar refractivity (Wildman–Crippen MR) is 98.7 cm³/mol. The molecule has 1 amide bonds. The summed E-state index contributed by atoms with van der Waals surface area (Å²) in [6.07, 6.45) is 2.46. The fraction of sp³-hybridized carbons (Fsp3) is 0.444. The Kier molecular flexibility index (Phi) is 5.48. The number of aryl methyl sites for hydroxylation is 1. The average molecular weight is 344 g/mol. The molecule has 0 saturated carbocycles. The van der Waals surface area contributed by atoms with Gasteiger partial charge in [-0.15, -0.1) is 0 Å². The molecule has 5 nitrogen and oxygen atoms in total. The molecular formula is C18H24N4OS. The molecule has 2 heterocycles. The van der Waals surface area contributed by atoms with E-state index in [1.54, 1.807) is 0 Å². The molecule has 1 aliphatic heterocycles. The van der Waals surface area contributed by atoms with Crippen LogP contribution in [0, 0.1) is 6.92 Å². The quantitative estimate of drug-likeness (QED) is 0.846. The lowest BCUT2D eigenvalue weighted by atomic mass is 10.1. The molecule has 0 aliphatic carbocycles. The standard InChI is InChI=1S/C18H24N4OS/c1-13-16(18(19-2)24-21-13)17(23)20-12-15(22-10-6-7-11-22)14-8-4-3-5-9-14/h3-5,8-9,15,19H,6-7,10-12H2,1-2H3,(H,20,23). The Balaban J connectivity index is 1.73. The smallest absolute Gasteiger partial charge is 0.256 e. The van der Waals surface area contributed by atoms with Gasteiger partial charge in [0.2, 0.25) is 0 Å². The first-order valence-corrected chi connectivity index (χ1v) is 9.19. The number of nitrogens with one attached hydrogen (secondary N) is 2. The minimum Gasteiger partial charge on any atom is -0.378 e. The second kappa shape index (κ2) is 7.77. The molecule has 24 heavy (non-hydrogen) atoms. The van der Waals surface area contributed by atoms with E-state index in [0.29, 0.717) is 12.1 Å². The van der Waals surface area contributed by atoms with Crippen molar-refractivity contribution in [2.75, 3.05) is 32.0 Å². The fourth-order valence-corrected chi connectivity index (χ4v) is 4.01. The molecule has 3 rings (SSSR count). The first-order valence-electron chi connectivity index (χ1n) is 8.42. The number of nitrogens with zero attached hydrogens (tertiary/aromatic N) is 2. The summed E-state index contributed by atoms with van der Waals surface area (Å²) in [6.45, 7) is 4.68. The topological polar surface area (TPSA) is 57.3 Å². The van der Waals surface area contributed by atoms with E-state index in [0.717, 1.165) is 23.8 Å². The lowest BCUT2D eigenvalue weighted by molar-refractivity contribution is 0.0938. The fourth-order valence-electron chi connectivity index (χ4n) is 3.27. The summed E-state index contributed by atoms with van der Waals surface area (Å²) in [5.74, 6) is -0.0503. The summed E-state index contributed by atoms with van der Waals surface area (Å²) in [7, 11) is 1.82. The molecule has 6 heteroatoms. The van der Waals surface area contributed by atoms with E-state index in [1.807, 2.05) is 20.0 Å². The van der Waals surface area contributed by atoms with Crippen LogP contribution in [0.1, 0.15) is 40.5 Å². The van der Waals surface area contributed by atoms with Crippen LogP contribution in [-0.2, 0) is 0 Å². The van der Waals surface area contributed by atoms with Crippen molar-refractivity contribution in [2.45, 2.75) is 25.8 Å². The zero-order valence-corrected chi connectivity index (χ0v) is 15.0. The Hall–Kier alpha value is -1.92. The molecular weight excluding hydrogens is 320 g/mol. The highest BCUT2D eigenvalue weighted by atomic mass is 32.1. The Morgan fingerprint density at radius 3 is 2.67 bits per heavy atom. The van der Waals surface area contributed by atoms with E-state index < -0.39 is 0 Å². The Bertz CT molecular complexity index is 680. The summed E-state index contributed by atoms with van der Waals surface area (Å²) in [5, 5.41) is 7.00. The summed E-state index contributed by atoms with van der Waals surface area (Å²) in [4.78, 5) is 15.1. The predicted octanol–water partition coefficient (Wildman–Crippen LogP) is 3.06. The van der Waals surface area contributed by atoms with E-state index in [9.17, 15) is 4.79 Å². The van der Waals surface area contributed by atoms with Crippen LogP contribution >= 0.6 is 11.5 Å². The molecule has 1 aromatic carbocycles. The van der Waals surface area contributed by atoms with Crippen LogP contribution in [0.15, 0.2) is 30.3 Å². The minimum atomic E-state index is -0.0503. The minimum absolute atomic E-state index is 0.0503. The summed E-state index contributed by atoms with van der Waals surface area (Å²) < 4.78 is 4.28. The highest BCUT2D eigenvalue weighted by molar-refractivity contribution is 7.10. The summed E-state index contributed by atoms with van der Waals surface area (Å²) in [5.41, 5.74) is 2.70. The first kappa shape index (κ1) is 16.9. The summed E-state index contributed by atoms with van der Waals surface area (Å²) in [6, 6.07) is 10.7. The van der Waals surface area contributed by atoms with E-state index in [-0.39, 0.29) is 11.9 Å². The SMILES string of the molecule is CNc1snc(C)c1C(=O)NCC(c1ccccc1)N1CCCC1. The molecule has 1 fully saturated rings. The van der Waals surface area contributed by atoms with E-state index in [4.69, 9.17) is 0 Å². The first-order chi connectivity index (χ1) is 11.7. The molecule has 0 radical (unpaired) electrons. The van der Waals surface area contributed by atoms with Crippen molar-refractivity contribution in [2.24, 2.45) is 0 Å². The maximum atomic E-state index is 12.7. The zero-order valence-electron chi connectivity index (χ0n) is 14.2. The molecule has 0 spiro atoms. The van der Waals surface area contributed by atoms with Gasteiger partial charge in [0.25, 0.3) is 5.91 Å². The Labute approximate surface area is 147 Å². The van der Waals surface area contributed by atoms with E-state index in [2.05, 4.69) is 44.2 Å². The number of hydrogen-bond donors (Lipinski definition) is 2. The van der Waals surface area contributed by atoms with Gasteiger partial charge in [0.1, 0.15) is 5.00 Å². The molecule has 0 bridgehead atoms. The van der Waals surface area contributed by atoms with Crippen molar-refractivity contribution in [1.29, 1.82) is 0 Å². The van der Waals surface area contributed by atoms with Crippen LogP contribution in [0.25, 0.3) is 0 Å². The largest absolute Gasteiger partial charge is 0.378 e. The number of rotatable bonds is 6. The highest BCUT2D eigenvalue weighted by Crippen LogP contribution is 2.26. The van der Waals surface area contributed by atoms with Crippen LogP contribution in [0.5, 0.6) is 0 Å². The van der Waals surface area contributed by atoms with Gasteiger partial charge in [-0.1, -0.05) is 30.3 Å². The number of carbonyl (C=O) groups is 1. The second-order valence-corrected chi connectivity index (χ2v) is 6.88. The van der Waals surface area contributed by atoms with Gasteiger partial charge >= 0.3 is 0 Å². The van der Waals surface area contributed by atoms with Crippen molar-refractivity contribution in [3.8, 4) is 0 Å². The molecule has 128 valence electrons. The van der Waals surface area contributed by atoms with Crippen molar-refractivity contribution >= 4 is 22.4 Å². The van der Waals surface area contributed by atoms with Gasteiger partial charge < -0.3 is 10.6 Å². The van der Waals surface area contributed by atoms with Gasteiger partial charge in [-0.3, -0.25) is 9.69 Å². The number of aromatic nitrogens is 1. The number of anilines is 1. The molecule has 1 saturated heterocycles. The van der Waals surface area contributed by atoms with E-state index in [1.165, 1.54) is 29.9 Å². The van der Waals surface area contributed by atoms with Crippen LogP contribution in [0.3, 0.4) is 0 Å². The molecule has 1 atom stereocenters. The van der Waals surface area contributed by atoms with Gasteiger partial charge in [0.15, 0.2) is 0 Å². The number of hydrogen-bond acceptors (Lipinski definition) is 5. The van der Waals surface area contributed by atoms with Gasteiger partial charge in [-0.05, 0) is 50.0 Å². The maximum absolute atomic E-state index is 12.7. The van der Waals surface area contributed by atoms with Crippen molar-refractivity contribution in [3.05, 3.63) is 47.2 Å². The Morgan fingerprint density at radius 1 is 1.29 bits per heavy atom. The lowest BCUT2D eigenvalue weighted by Gasteiger charge is -2.28. The van der Waals surface area contributed by atoms with Crippen molar-refractivity contribution < 1.29 is 4.79 Å². The summed E-state index contributed by atoms with van der Waals surface area (Å²) >= 11 is 1.33. The number of carbonyl (C=O) groups excluding carboxylic acids is 1. The maximum Gasteiger partial charge on any atom is 0.256 e. The molecule has 1 aliphatic rings. The average Bonchev–Trinajstić information content (AvgIpc) is 3.25. The van der Waals surface area contributed by atoms with E-state index >= 15 is 0 Å². The Morgan fingerprint density at radius 2 is 2.00 bits per heavy atom. The van der Waals surface area contributed by atoms with Crippen LogP contribution in [0.2, 0.25) is 0 Å². The molecule has 2 N–H and O–H groups in total. The highest BCUT2D eigenvalue weighted by Gasteiger charge is 2.25. The third-order valence-electron chi connectivity index (χ3n) is 4.54. The third kappa shape index (κ3) is 3.60. The van der Waals surface area contributed by atoms with Crippen LogP contribution in [-0.4, -0.2) is 41.9 Å². The zero-order chi connectivity index (χ0) is 16.9. The number of likely N-dealkylation sites (tertiary alicyclic amines) is 1. The van der Waals surface area contributed by atoms with Crippen LogP contribution in [0.4, 0.5) is 5.00 Å². The van der Waals surface area contributed by atoms with Gasteiger partial charge in [-0.2, -0.15) is 4.37 Å². The number of benzene rings is 1. The van der Waals surface area contributed by atoms with Crippen LogP contribution < -0.4 is 10.6 Å². The molecule has 1 aromatic heterocycles. The van der Waals surface area contributed by atoms with Crippen molar-refractivity contribution in [1.82, 2.24) is 14.6 Å². The molecule has 2 aromatic rings. The normalized spacial score (nSPS) is 16.1. The second-order valence-electron chi connectivity index (χ2n) is 6.10. The van der Waals surface area contributed by atoms with Gasteiger partial charge in [0, 0.05) is 13.6 Å². The monoisotopic (exact) mass is 344 g/mol. The molecule has 1 unspecified atom stereocenters.